The Morgan fingerprint density at radius 3 is 2.62 bits per heavy atom. The maximum absolute atomic E-state index is 12.0. The van der Waals surface area contributed by atoms with Crippen LogP contribution in [0.25, 0.3) is 5.82 Å². The third-order valence-corrected chi connectivity index (χ3v) is 3.94. The van der Waals surface area contributed by atoms with E-state index in [-0.39, 0.29) is 5.91 Å². The van der Waals surface area contributed by atoms with E-state index in [0.29, 0.717) is 26.0 Å². The van der Waals surface area contributed by atoms with Crippen molar-refractivity contribution in [3.05, 3.63) is 72.4 Å². The zero-order valence-electron chi connectivity index (χ0n) is 14.8. The normalized spacial score (nSPS) is 10.5. The fourth-order valence-electron chi connectivity index (χ4n) is 2.53. The second kappa shape index (κ2) is 8.80. The first-order valence-electron chi connectivity index (χ1n) is 8.66. The van der Waals surface area contributed by atoms with Crippen molar-refractivity contribution in [2.75, 3.05) is 6.61 Å². The minimum absolute atomic E-state index is 0.0255. The van der Waals surface area contributed by atoms with Crippen molar-refractivity contribution in [2.45, 2.75) is 26.3 Å². The number of carbonyl (C=O) groups is 1. The van der Waals surface area contributed by atoms with E-state index >= 15 is 0 Å². The zero-order chi connectivity index (χ0) is 18.2. The third kappa shape index (κ3) is 4.92. The molecule has 1 amide bonds. The predicted molar refractivity (Wildman–Crippen MR) is 99.1 cm³/mol. The van der Waals surface area contributed by atoms with Crippen molar-refractivity contribution < 1.29 is 9.53 Å². The van der Waals surface area contributed by atoms with Gasteiger partial charge >= 0.3 is 0 Å². The van der Waals surface area contributed by atoms with Crippen LogP contribution in [0.2, 0.25) is 0 Å². The van der Waals surface area contributed by atoms with E-state index in [0.717, 1.165) is 22.7 Å². The van der Waals surface area contributed by atoms with Gasteiger partial charge in [0, 0.05) is 31.6 Å². The number of ether oxygens (including phenoxy) is 1. The molecule has 2 aromatic heterocycles. The molecule has 0 saturated heterocycles. The summed E-state index contributed by atoms with van der Waals surface area (Å²) in [5.74, 6) is 1.68. The minimum atomic E-state index is 0.0255. The van der Waals surface area contributed by atoms with Gasteiger partial charge in [-0.05, 0) is 42.7 Å². The molecule has 0 spiro atoms. The number of carbonyl (C=O) groups excluding carboxylic acids is 1. The zero-order valence-corrected chi connectivity index (χ0v) is 14.8. The first-order valence-corrected chi connectivity index (χ1v) is 8.66. The lowest BCUT2D eigenvalue weighted by Crippen LogP contribution is -2.23. The molecule has 1 N–H and O–H groups in total. The molecule has 0 radical (unpaired) electrons. The number of aromatic nitrogens is 3. The number of aryl methyl sites for hydroxylation is 1. The molecule has 0 aliphatic rings. The third-order valence-electron chi connectivity index (χ3n) is 3.94. The fourth-order valence-corrected chi connectivity index (χ4v) is 2.53. The molecule has 134 valence electrons. The average Bonchev–Trinajstić information content (AvgIpc) is 3.21. The van der Waals surface area contributed by atoms with Crippen LogP contribution in [-0.2, 0) is 17.8 Å². The van der Waals surface area contributed by atoms with Gasteiger partial charge in [-0.2, -0.15) is 0 Å². The van der Waals surface area contributed by atoms with Crippen molar-refractivity contribution in [1.82, 2.24) is 19.9 Å². The quantitative estimate of drug-likeness (QED) is 0.678. The largest absolute Gasteiger partial charge is 0.494 e. The Balaban J connectivity index is 1.43. The average molecular weight is 350 g/mol. The Bertz CT molecular complexity index is 812. The molecule has 0 unspecified atom stereocenters. The van der Waals surface area contributed by atoms with Crippen LogP contribution in [0.1, 0.15) is 24.5 Å². The lowest BCUT2D eigenvalue weighted by Gasteiger charge is -2.07. The molecule has 0 atom stereocenters. The minimum Gasteiger partial charge on any atom is -0.494 e. The van der Waals surface area contributed by atoms with E-state index in [2.05, 4.69) is 15.3 Å². The topological polar surface area (TPSA) is 69.0 Å². The molecular formula is C20H22N4O2. The highest BCUT2D eigenvalue weighted by molar-refractivity contribution is 5.76. The van der Waals surface area contributed by atoms with Crippen LogP contribution < -0.4 is 10.1 Å². The van der Waals surface area contributed by atoms with Crippen molar-refractivity contribution >= 4 is 5.91 Å². The molecule has 0 aliphatic heterocycles. The van der Waals surface area contributed by atoms with Gasteiger partial charge in [0.1, 0.15) is 17.9 Å². The summed E-state index contributed by atoms with van der Waals surface area (Å²) >= 11 is 0. The van der Waals surface area contributed by atoms with E-state index < -0.39 is 0 Å². The van der Waals surface area contributed by atoms with Gasteiger partial charge in [-0.1, -0.05) is 18.2 Å². The number of amides is 1. The highest BCUT2D eigenvalue weighted by atomic mass is 16.5. The summed E-state index contributed by atoms with van der Waals surface area (Å²) in [6.07, 6.45) is 8.17. The van der Waals surface area contributed by atoms with Crippen molar-refractivity contribution in [3.63, 3.8) is 0 Å². The molecule has 3 rings (SSSR count). The number of nitrogens with zero attached hydrogens (tertiary/aromatic N) is 3. The van der Waals surface area contributed by atoms with Crippen LogP contribution >= 0.6 is 0 Å². The Labute approximate surface area is 152 Å². The van der Waals surface area contributed by atoms with Gasteiger partial charge < -0.3 is 10.1 Å². The van der Waals surface area contributed by atoms with Crippen LogP contribution in [-0.4, -0.2) is 27.0 Å². The standard InChI is InChI=1S/C20H22N4O2/c1-2-26-18-7-3-16(4-8-18)6-10-20(25)23-14-17-5-9-19(22-13-17)24-12-11-21-15-24/h3-5,7-9,11-13,15H,2,6,10,14H2,1H3,(H,23,25). The lowest BCUT2D eigenvalue weighted by atomic mass is 10.1. The number of nitrogens with one attached hydrogen (secondary N) is 1. The second-order valence-electron chi connectivity index (χ2n) is 5.85. The highest BCUT2D eigenvalue weighted by Crippen LogP contribution is 2.13. The maximum Gasteiger partial charge on any atom is 0.220 e. The van der Waals surface area contributed by atoms with E-state index in [1.807, 2.05) is 54.1 Å². The summed E-state index contributed by atoms with van der Waals surface area (Å²) in [5.41, 5.74) is 2.08. The lowest BCUT2D eigenvalue weighted by molar-refractivity contribution is -0.121. The summed E-state index contributed by atoms with van der Waals surface area (Å²) in [5, 5.41) is 2.93. The monoisotopic (exact) mass is 350 g/mol. The Morgan fingerprint density at radius 2 is 1.96 bits per heavy atom. The first-order chi connectivity index (χ1) is 12.7. The molecule has 26 heavy (non-hydrogen) atoms. The molecule has 2 heterocycles. The molecule has 0 bridgehead atoms. The van der Waals surface area contributed by atoms with E-state index in [4.69, 9.17) is 4.74 Å². The highest BCUT2D eigenvalue weighted by Gasteiger charge is 2.04. The Morgan fingerprint density at radius 1 is 1.15 bits per heavy atom. The van der Waals surface area contributed by atoms with Crippen LogP contribution in [0, 0.1) is 0 Å². The summed E-state index contributed by atoms with van der Waals surface area (Å²) in [6.45, 7) is 3.08. The first kappa shape index (κ1) is 17.7. The van der Waals surface area contributed by atoms with Crippen molar-refractivity contribution in [3.8, 4) is 11.6 Å². The van der Waals surface area contributed by atoms with E-state index in [1.165, 1.54) is 0 Å². The predicted octanol–water partition coefficient (Wildman–Crippen LogP) is 2.92. The number of imidazole rings is 1. The van der Waals surface area contributed by atoms with E-state index in [1.54, 1.807) is 18.7 Å². The number of benzene rings is 1. The van der Waals surface area contributed by atoms with Crippen LogP contribution in [0.3, 0.4) is 0 Å². The summed E-state index contributed by atoms with van der Waals surface area (Å²) < 4.78 is 7.25. The molecule has 6 heteroatoms. The number of hydrogen-bond donors (Lipinski definition) is 1. The number of hydrogen-bond acceptors (Lipinski definition) is 4. The van der Waals surface area contributed by atoms with Gasteiger partial charge in [0.2, 0.25) is 5.91 Å². The Hall–Kier alpha value is -3.15. The van der Waals surface area contributed by atoms with Gasteiger partial charge in [-0.15, -0.1) is 0 Å². The number of pyridine rings is 1. The number of rotatable bonds is 8. The molecule has 3 aromatic rings. The van der Waals surface area contributed by atoms with E-state index in [9.17, 15) is 4.79 Å². The fraction of sp³-hybridized carbons (Fsp3) is 0.250. The molecular weight excluding hydrogens is 328 g/mol. The van der Waals surface area contributed by atoms with Crippen molar-refractivity contribution in [1.29, 1.82) is 0 Å². The maximum atomic E-state index is 12.0. The SMILES string of the molecule is CCOc1ccc(CCC(=O)NCc2ccc(-n3ccnc3)nc2)cc1. The van der Waals surface area contributed by atoms with Crippen molar-refractivity contribution in [2.24, 2.45) is 0 Å². The van der Waals surface area contributed by atoms with Crippen LogP contribution in [0.4, 0.5) is 0 Å². The smallest absolute Gasteiger partial charge is 0.220 e. The molecule has 6 nitrogen and oxygen atoms in total. The molecule has 0 aliphatic carbocycles. The van der Waals surface area contributed by atoms with Gasteiger partial charge in [0.05, 0.1) is 6.61 Å². The summed E-state index contributed by atoms with van der Waals surface area (Å²) in [7, 11) is 0. The van der Waals surface area contributed by atoms with Gasteiger partial charge in [-0.25, -0.2) is 9.97 Å². The van der Waals surface area contributed by atoms with Crippen LogP contribution in [0.5, 0.6) is 5.75 Å². The second-order valence-corrected chi connectivity index (χ2v) is 5.85. The summed E-state index contributed by atoms with van der Waals surface area (Å²) in [6, 6.07) is 11.7. The Kier molecular flexibility index (Phi) is 5.98. The van der Waals surface area contributed by atoms with Gasteiger partial charge in [0.15, 0.2) is 0 Å². The summed E-state index contributed by atoms with van der Waals surface area (Å²) in [4.78, 5) is 20.4. The molecule has 0 fully saturated rings. The van der Waals surface area contributed by atoms with Gasteiger partial charge in [0.25, 0.3) is 0 Å². The van der Waals surface area contributed by atoms with Crippen LogP contribution in [0.15, 0.2) is 61.3 Å². The molecule has 1 aromatic carbocycles. The molecule has 0 saturated carbocycles. The van der Waals surface area contributed by atoms with Gasteiger partial charge in [-0.3, -0.25) is 9.36 Å².